The Morgan fingerprint density at radius 3 is 2.68 bits per heavy atom. The van der Waals surface area contributed by atoms with Gasteiger partial charge in [0.25, 0.3) is 0 Å². The highest BCUT2D eigenvalue weighted by Gasteiger charge is 2.42. The molecule has 1 fully saturated rings. The summed E-state index contributed by atoms with van der Waals surface area (Å²) in [5.74, 6) is 0.442. The first-order valence-electron chi connectivity index (χ1n) is 6.45. The Morgan fingerprint density at radius 2 is 2.21 bits per heavy atom. The van der Waals surface area contributed by atoms with Crippen LogP contribution in [0.5, 0.6) is 0 Å². The molecule has 1 aromatic rings. The Morgan fingerprint density at radius 1 is 1.53 bits per heavy atom. The van der Waals surface area contributed by atoms with Crippen LogP contribution >= 0.6 is 15.9 Å². The average Bonchev–Trinajstić information content (AvgIpc) is 2.81. The van der Waals surface area contributed by atoms with Gasteiger partial charge in [-0.15, -0.1) is 0 Å². The van der Waals surface area contributed by atoms with Crippen LogP contribution in [0.25, 0.3) is 0 Å². The minimum atomic E-state index is -2.94. The van der Waals surface area contributed by atoms with Crippen molar-refractivity contribution in [3.63, 3.8) is 0 Å². The zero-order valence-corrected chi connectivity index (χ0v) is 13.7. The van der Waals surface area contributed by atoms with Crippen LogP contribution in [-0.2, 0) is 22.8 Å². The molecule has 5 nitrogen and oxygen atoms in total. The van der Waals surface area contributed by atoms with Gasteiger partial charge in [0.1, 0.15) is 0 Å². The predicted octanol–water partition coefficient (Wildman–Crippen LogP) is 1.28. The molecule has 0 aliphatic carbocycles. The fourth-order valence-corrected chi connectivity index (χ4v) is 5.36. The number of rotatable bonds is 4. The largest absolute Gasteiger partial charge is 0.330 e. The van der Waals surface area contributed by atoms with E-state index in [1.807, 2.05) is 18.5 Å². The second kappa shape index (κ2) is 5.18. The van der Waals surface area contributed by atoms with Crippen molar-refractivity contribution < 1.29 is 8.42 Å². The number of nitrogens with two attached hydrogens (primary N) is 1. The van der Waals surface area contributed by atoms with Gasteiger partial charge < -0.3 is 5.73 Å². The van der Waals surface area contributed by atoms with Crippen molar-refractivity contribution in [2.45, 2.75) is 33.2 Å². The van der Waals surface area contributed by atoms with E-state index >= 15 is 0 Å². The van der Waals surface area contributed by atoms with Gasteiger partial charge >= 0.3 is 0 Å². The molecule has 2 rings (SSSR count). The minimum absolute atomic E-state index is 0.191. The van der Waals surface area contributed by atoms with Gasteiger partial charge in [-0.25, -0.2) is 8.42 Å². The maximum atomic E-state index is 11.8. The molecule has 2 heterocycles. The lowest BCUT2D eigenvalue weighted by Crippen LogP contribution is -2.35. The number of aryl methyl sites for hydroxylation is 2. The molecule has 1 saturated heterocycles. The summed E-state index contributed by atoms with van der Waals surface area (Å²) < 4.78 is 26.4. The molecule has 108 valence electrons. The van der Waals surface area contributed by atoms with E-state index in [9.17, 15) is 8.42 Å². The Kier molecular flexibility index (Phi) is 4.09. The number of hydrogen-bond acceptors (Lipinski definition) is 4. The number of nitrogens with zero attached hydrogens (tertiary/aromatic N) is 2. The average molecular weight is 350 g/mol. The van der Waals surface area contributed by atoms with E-state index in [0.29, 0.717) is 19.4 Å². The van der Waals surface area contributed by atoms with Crippen molar-refractivity contribution >= 4 is 25.8 Å². The third-order valence-electron chi connectivity index (χ3n) is 3.90. The van der Waals surface area contributed by atoms with Crippen LogP contribution in [0.2, 0.25) is 0 Å². The third kappa shape index (κ3) is 2.87. The fourth-order valence-electron chi connectivity index (χ4n) is 2.75. The molecule has 0 aromatic carbocycles. The van der Waals surface area contributed by atoms with Crippen molar-refractivity contribution in [1.82, 2.24) is 9.78 Å². The molecule has 1 aromatic heterocycles. The predicted molar refractivity (Wildman–Crippen MR) is 78.8 cm³/mol. The normalized spacial score (nSPS) is 25.9. The Balaban J connectivity index is 2.34. The summed E-state index contributed by atoms with van der Waals surface area (Å²) in [6.45, 7) is 5.14. The van der Waals surface area contributed by atoms with Crippen molar-refractivity contribution in [2.75, 3.05) is 18.1 Å². The molecule has 0 spiro atoms. The molecule has 7 heteroatoms. The summed E-state index contributed by atoms with van der Waals surface area (Å²) in [7, 11) is -2.94. The SMILES string of the molecule is CCn1nc(C)c(Br)c1CC1(CN)CCS(=O)(=O)C1. The zero-order chi connectivity index (χ0) is 14.3. The van der Waals surface area contributed by atoms with E-state index in [0.717, 1.165) is 22.4 Å². The summed E-state index contributed by atoms with van der Waals surface area (Å²) in [5.41, 5.74) is 7.54. The molecule has 0 saturated carbocycles. The molecule has 0 radical (unpaired) electrons. The van der Waals surface area contributed by atoms with Crippen molar-refractivity contribution in [3.05, 3.63) is 15.9 Å². The van der Waals surface area contributed by atoms with E-state index in [2.05, 4.69) is 21.0 Å². The fraction of sp³-hybridized carbons (Fsp3) is 0.750. The summed E-state index contributed by atoms with van der Waals surface area (Å²) in [6.07, 6.45) is 1.31. The quantitative estimate of drug-likeness (QED) is 0.887. The molecule has 2 N–H and O–H groups in total. The minimum Gasteiger partial charge on any atom is -0.330 e. The first-order chi connectivity index (χ1) is 8.82. The molecular formula is C12H20BrN3O2S. The lowest BCUT2D eigenvalue weighted by atomic mass is 9.83. The van der Waals surface area contributed by atoms with Crippen molar-refractivity contribution in [3.8, 4) is 0 Å². The lowest BCUT2D eigenvalue weighted by Gasteiger charge is -2.26. The monoisotopic (exact) mass is 349 g/mol. The third-order valence-corrected chi connectivity index (χ3v) is 6.81. The van der Waals surface area contributed by atoms with Crippen LogP contribution in [0, 0.1) is 12.3 Å². The second-order valence-corrected chi connectivity index (χ2v) is 8.36. The zero-order valence-electron chi connectivity index (χ0n) is 11.3. The summed E-state index contributed by atoms with van der Waals surface area (Å²) >= 11 is 3.56. The Hall–Kier alpha value is -0.400. The number of hydrogen-bond donors (Lipinski definition) is 1. The van der Waals surface area contributed by atoms with Crippen LogP contribution in [0.15, 0.2) is 4.47 Å². The summed E-state index contributed by atoms with van der Waals surface area (Å²) in [6, 6.07) is 0. The molecule has 0 amide bonds. The van der Waals surface area contributed by atoms with Gasteiger partial charge in [-0.05, 0) is 49.2 Å². The molecule has 0 bridgehead atoms. The second-order valence-electron chi connectivity index (χ2n) is 5.38. The van der Waals surface area contributed by atoms with Crippen LogP contribution < -0.4 is 5.73 Å². The maximum absolute atomic E-state index is 11.8. The molecule has 1 aliphatic rings. The van der Waals surface area contributed by atoms with E-state index in [1.165, 1.54) is 0 Å². The molecule has 1 unspecified atom stereocenters. The molecular weight excluding hydrogens is 330 g/mol. The summed E-state index contributed by atoms with van der Waals surface area (Å²) in [4.78, 5) is 0. The first-order valence-corrected chi connectivity index (χ1v) is 9.06. The maximum Gasteiger partial charge on any atom is 0.150 e. The van der Waals surface area contributed by atoms with E-state index in [4.69, 9.17) is 5.73 Å². The van der Waals surface area contributed by atoms with Gasteiger partial charge in [-0.2, -0.15) is 5.10 Å². The van der Waals surface area contributed by atoms with Crippen molar-refractivity contribution in [1.29, 1.82) is 0 Å². The van der Waals surface area contributed by atoms with Crippen molar-refractivity contribution in [2.24, 2.45) is 11.1 Å². The number of halogens is 1. The Bertz CT molecular complexity index is 582. The van der Waals surface area contributed by atoms with Gasteiger partial charge in [0.05, 0.1) is 27.4 Å². The molecule has 1 atom stereocenters. The van der Waals surface area contributed by atoms with Crippen LogP contribution in [0.1, 0.15) is 24.7 Å². The highest BCUT2D eigenvalue weighted by Crippen LogP contribution is 2.37. The number of aromatic nitrogens is 2. The lowest BCUT2D eigenvalue weighted by molar-refractivity contribution is 0.333. The topological polar surface area (TPSA) is 78.0 Å². The van der Waals surface area contributed by atoms with E-state index < -0.39 is 9.84 Å². The van der Waals surface area contributed by atoms with Gasteiger partial charge in [0, 0.05) is 12.0 Å². The first kappa shape index (κ1) is 15.0. The summed E-state index contributed by atoms with van der Waals surface area (Å²) in [5, 5.41) is 4.45. The Labute approximate surface area is 122 Å². The van der Waals surface area contributed by atoms with E-state index in [-0.39, 0.29) is 16.9 Å². The van der Waals surface area contributed by atoms with Gasteiger partial charge in [0.2, 0.25) is 0 Å². The highest BCUT2D eigenvalue weighted by atomic mass is 79.9. The molecule has 1 aliphatic heterocycles. The van der Waals surface area contributed by atoms with Crippen LogP contribution in [-0.4, -0.2) is 36.2 Å². The van der Waals surface area contributed by atoms with Gasteiger partial charge in [-0.1, -0.05) is 0 Å². The van der Waals surface area contributed by atoms with Crippen LogP contribution in [0.3, 0.4) is 0 Å². The smallest absolute Gasteiger partial charge is 0.150 e. The number of sulfone groups is 1. The molecule has 19 heavy (non-hydrogen) atoms. The van der Waals surface area contributed by atoms with Gasteiger partial charge in [0.15, 0.2) is 9.84 Å². The van der Waals surface area contributed by atoms with E-state index in [1.54, 1.807) is 0 Å². The standard InChI is InChI=1S/C12H20BrN3O2S/c1-3-16-10(11(13)9(2)15-16)6-12(7-14)4-5-19(17,18)8-12/h3-8,14H2,1-2H3. The van der Waals surface area contributed by atoms with Gasteiger partial charge in [-0.3, -0.25) is 4.68 Å². The van der Waals surface area contributed by atoms with Crippen LogP contribution in [0.4, 0.5) is 0 Å². The highest BCUT2D eigenvalue weighted by molar-refractivity contribution is 9.10.